The van der Waals surface area contributed by atoms with E-state index in [1.807, 2.05) is 32.0 Å². The molecule has 2 rings (SSSR count). The summed E-state index contributed by atoms with van der Waals surface area (Å²) in [6.45, 7) is 5.83. The van der Waals surface area contributed by atoms with Crippen LogP contribution in [0.1, 0.15) is 38.3 Å². The van der Waals surface area contributed by atoms with Crippen LogP contribution < -0.4 is 5.32 Å². The third kappa shape index (κ3) is 6.36. The molecule has 0 aliphatic rings. The van der Waals surface area contributed by atoms with Crippen molar-refractivity contribution in [2.45, 2.75) is 52.2 Å². The second kappa shape index (κ2) is 10.9. The van der Waals surface area contributed by atoms with Crippen molar-refractivity contribution in [3.05, 3.63) is 68.7 Å². The van der Waals surface area contributed by atoms with Crippen molar-refractivity contribution in [1.82, 2.24) is 10.2 Å². The van der Waals surface area contributed by atoms with Crippen LogP contribution in [-0.4, -0.2) is 28.8 Å². The Labute approximate surface area is 187 Å². The van der Waals surface area contributed by atoms with Crippen LogP contribution in [0.3, 0.4) is 0 Å². The van der Waals surface area contributed by atoms with Crippen molar-refractivity contribution >= 4 is 46.6 Å². The summed E-state index contributed by atoms with van der Waals surface area (Å²) in [6.07, 6.45) is 0.788. The zero-order valence-corrected chi connectivity index (χ0v) is 19.0. The lowest BCUT2D eigenvalue weighted by Gasteiger charge is -2.30. The number of hydrogen-bond donors (Lipinski definition) is 1. The first kappa shape index (κ1) is 23.5. The quantitative estimate of drug-likeness (QED) is 0.569. The predicted molar refractivity (Wildman–Crippen MR) is 120 cm³/mol. The standard InChI is InChI=1S/C22H25Cl3N2O2/c1-4-14(2)26-22(29)15(3)27(13-16-8-5-6-9-18(16)23)21(28)12-17-19(24)10-7-11-20(17)25/h5-11,14-15H,4,12-13H2,1-3H3,(H,26,29)/t14-,15+/m0/s1. The Morgan fingerprint density at radius 1 is 0.966 bits per heavy atom. The Balaban J connectivity index is 2.31. The summed E-state index contributed by atoms with van der Waals surface area (Å²) in [5.41, 5.74) is 1.30. The molecule has 1 N–H and O–H groups in total. The van der Waals surface area contributed by atoms with Gasteiger partial charge in [0.15, 0.2) is 0 Å². The minimum atomic E-state index is -0.686. The average molecular weight is 456 g/mol. The van der Waals surface area contributed by atoms with Gasteiger partial charge in [-0.1, -0.05) is 66.0 Å². The Kier molecular flexibility index (Phi) is 8.81. The van der Waals surface area contributed by atoms with Crippen LogP contribution >= 0.6 is 34.8 Å². The third-order valence-electron chi connectivity index (χ3n) is 4.86. The van der Waals surface area contributed by atoms with E-state index in [-0.39, 0.29) is 30.8 Å². The molecule has 2 amide bonds. The van der Waals surface area contributed by atoms with Crippen molar-refractivity contribution in [3.8, 4) is 0 Å². The number of benzene rings is 2. The molecular formula is C22H25Cl3N2O2. The first-order valence-electron chi connectivity index (χ1n) is 9.50. The lowest BCUT2D eigenvalue weighted by molar-refractivity contribution is -0.140. The van der Waals surface area contributed by atoms with Crippen LogP contribution in [0.4, 0.5) is 0 Å². The van der Waals surface area contributed by atoms with Crippen molar-refractivity contribution in [2.75, 3.05) is 0 Å². The topological polar surface area (TPSA) is 49.4 Å². The maximum Gasteiger partial charge on any atom is 0.242 e. The van der Waals surface area contributed by atoms with Gasteiger partial charge in [-0.2, -0.15) is 0 Å². The first-order chi connectivity index (χ1) is 13.7. The van der Waals surface area contributed by atoms with E-state index in [4.69, 9.17) is 34.8 Å². The minimum Gasteiger partial charge on any atom is -0.352 e. The fraction of sp³-hybridized carbons (Fsp3) is 0.364. The highest BCUT2D eigenvalue weighted by Gasteiger charge is 2.28. The molecule has 156 valence electrons. The highest BCUT2D eigenvalue weighted by molar-refractivity contribution is 6.36. The number of hydrogen-bond acceptors (Lipinski definition) is 2. The normalized spacial score (nSPS) is 12.9. The van der Waals surface area contributed by atoms with Crippen molar-refractivity contribution < 1.29 is 9.59 Å². The molecule has 0 heterocycles. The molecule has 0 fully saturated rings. The summed E-state index contributed by atoms with van der Waals surface area (Å²) in [5.74, 6) is -0.475. The van der Waals surface area contributed by atoms with Crippen LogP contribution in [-0.2, 0) is 22.6 Å². The van der Waals surface area contributed by atoms with Crippen molar-refractivity contribution in [1.29, 1.82) is 0 Å². The average Bonchev–Trinajstić information content (AvgIpc) is 2.69. The fourth-order valence-corrected chi connectivity index (χ4v) is 3.54. The molecule has 0 aliphatic carbocycles. The van der Waals surface area contributed by atoms with Gasteiger partial charge < -0.3 is 10.2 Å². The molecule has 0 unspecified atom stereocenters. The minimum absolute atomic E-state index is 0.0100. The molecule has 2 aromatic rings. The third-order valence-corrected chi connectivity index (χ3v) is 5.93. The smallest absolute Gasteiger partial charge is 0.242 e. The SMILES string of the molecule is CC[C@H](C)NC(=O)[C@@H](C)N(Cc1ccccc1Cl)C(=O)Cc1c(Cl)cccc1Cl. The van der Waals surface area contributed by atoms with Gasteiger partial charge >= 0.3 is 0 Å². The van der Waals surface area contributed by atoms with Crippen LogP contribution in [0.25, 0.3) is 0 Å². The predicted octanol–water partition coefficient (Wildman–Crippen LogP) is 5.52. The van der Waals surface area contributed by atoms with E-state index < -0.39 is 6.04 Å². The molecule has 0 saturated carbocycles. The van der Waals surface area contributed by atoms with Gasteiger partial charge in [-0.3, -0.25) is 9.59 Å². The zero-order valence-electron chi connectivity index (χ0n) is 16.7. The van der Waals surface area contributed by atoms with Gasteiger partial charge in [0, 0.05) is 27.7 Å². The van der Waals surface area contributed by atoms with Crippen LogP contribution in [0, 0.1) is 0 Å². The summed E-state index contributed by atoms with van der Waals surface area (Å²) in [7, 11) is 0. The molecule has 7 heteroatoms. The molecular weight excluding hydrogens is 431 g/mol. The fourth-order valence-electron chi connectivity index (χ4n) is 2.81. The van der Waals surface area contributed by atoms with Gasteiger partial charge in [-0.05, 0) is 49.6 Å². The van der Waals surface area contributed by atoms with E-state index in [1.54, 1.807) is 31.2 Å². The van der Waals surface area contributed by atoms with Crippen LogP contribution in [0.2, 0.25) is 15.1 Å². The van der Waals surface area contributed by atoms with Crippen molar-refractivity contribution in [2.24, 2.45) is 0 Å². The number of carbonyl (C=O) groups excluding carboxylic acids is 2. The summed E-state index contributed by atoms with van der Waals surface area (Å²) in [5, 5.41) is 4.31. The van der Waals surface area contributed by atoms with Crippen LogP contribution in [0.5, 0.6) is 0 Å². The van der Waals surface area contributed by atoms with E-state index in [0.29, 0.717) is 20.6 Å². The largest absolute Gasteiger partial charge is 0.352 e. The maximum absolute atomic E-state index is 13.2. The second-order valence-corrected chi connectivity index (χ2v) is 8.21. The number of nitrogens with zero attached hydrogens (tertiary/aromatic N) is 1. The van der Waals surface area contributed by atoms with Gasteiger partial charge in [0.1, 0.15) is 6.04 Å². The monoisotopic (exact) mass is 454 g/mol. The number of halogens is 3. The molecule has 0 spiro atoms. The molecule has 29 heavy (non-hydrogen) atoms. The highest BCUT2D eigenvalue weighted by Crippen LogP contribution is 2.26. The summed E-state index contributed by atoms with van der Waals surface area (Å²) in [6, 6.07) is 11.7. The molecule has 2 aromatic carbocycles. The Morgan fingerprint density at radius 3 is 2.14 bits per heavy atom. The molecule has 0 saturated heterocycles. The van der Waals surface area contributed by atoms with Gasteiger partial charge in [-0.25, -0.2) is 0 Å². The Bertz CT molecular complexity index is 853. The molecule has 2 atom stereocenters. The van der Waals surface area contributed by atoms with Gasteiger partial charge in [-0.15, -0.1) is 0 Å². The highest BCUT2D eigenvalue weighted by atomic mass is 35.5. The van der Waals surface area contributed by atoms with E-state index >= 15 is 0 Å². The van der Waals surface area contributed by atoms with Gasteiger partial charge in [0.25, 0.3) is 0 Å². The van der Waals surface area contributed by atoms with E-state index in [1.165, 1.54) is 4.90 Å². The number of rotatable bonds is 8. The Hall–Kier alpha value is -1.75. The molecule has 0 bridgehead atoms. The lowest BCUT2D eigenvalue weighted by Crippen LogP contribution is -2.50. The number of amides is 2. The van der Waals surface area contributed by atoms with Gasteiger partial charge in [0.05, 0.1) is 6.42 Å². The maximum atomic E-state index is 13.2. The molecule has 0 radical (unpaired) electrons. The lowest BCUT2D eigenvalue weighted by atomic mass is 10.1. The number of nitrogens with one attached hydrogen (secondary N) is 1. The molecule has 0 aromatic heterocycles. The van der Waals surface area contributed by atoms with E-state index in [9.17, 15) is 9.59 Å². The molecule has 0 aliphatic heterocycles. The summed E-state index contributed by atoms with van der Waals surface area (Å²) >= 11 is 18.8. The first-order valence-corrected chi connectivity index (χ1v) is 10.6. The summed E-state index contributed by atoms with van der Waals surface area (Å²) < 4.78 is 0. The van der Waals surface area contributed by atoms with E-state index in [0.717, 1.165) is 12.0 Å². The number of carbonyl (C=O) groups is 2. The Morgan fingerprint density at radius 2 is 1.55 bits per heavy atom. The summed E-state index contributed by atoms with van der Waals surface area (Å²) in [4.78, 5) is 27.5. The van der Waals surface area contributed by atoms with Gasteiger partial charge in [0.2, 0.25) is 11.8 Å². The second-order valence-electron chi connectivity index (χ2n) is 6.98. The molecule has 4 nitrogen and oxygen atoms in total. The van der Waals surface area contributed by atoms with Crippen LogP contribution in [0.15, 0.2) is 42.5 Å². The van der Waals surface area contributed by atoms with E-state index in [2.05, 4.69) is 5.32 Å². The van der Waals surface area contributed by atoms with Crippen molar-refractivity contribution in [3.63, 3.8) is 0 Å². The zero-order chi connectivity index (χ0) is 21.6.